The Labute approximate surface area is 132 Å². The van der Waals surface area contributed by atoms with Crippen LogP contribution in [0.3, 0.4) is 0 Å². The fourth-order valence-electron chi connectivity index (χ4n) is 4.03. The Bertz CT molecular complexity index is 816. The van der Waals surface area contributed by atoms with Crippen molar-refractivity contribution < 1.29 is 0 Å². The summed E-state index contributed by atoms with van der Waals surface area (Å²) in [5, 5.41) is 1.40. The summed E-state index contributed by atoms with van der Waals surface area (Å²) in [6, 6.07) is 20.2. The largest absolute Gasteiger partial charge is 0.347 e. The van der Waals surface area contributed by atoms with Gasteiger partial charge in [0.1, 0.15) is 0 Å². The monoisotopic (exact) mass is 290 g/mol. The second kappa shape index (κ2) is 4.99. The third kappa shape index (κ3) is 1.84. The van der Waals surface area contributed by atoms with E-state index in [1.807, 2.05) is 0 Å². The first-order chi connectivity index (χ1) is 10.7. The molecule has 0 fully saturated rings. The molecule has 0 spiro atoms. The summed E-state index contributed by atoms with van der Waals surface area (Å²) in [5.74, 6) is 0.423. The highest BCUT2D eigenvalue weighted by atomic mass is 15.2. The van der Waals surface area contributed by atoms with Gasteiger partial charge in [0.05, 0.1) is 0 Å². The van der Waals surface area contributed by atoms with Crippen molar-refractivity contribution in [2.24, 2.45) is 7.05 Å². The number of aryl methyl sites for hydroxylation is 1. The number of hydrogen-bond donors (Lipinski definition) is 0. The molecule has 1 aliphatic rings. The Hall–Kier alpha value is -2.06. The van der Waals surface area contributed by atoms with E-state index in [1.54, 1.807) is 0 Å². The molecule has 22 heavy (non-hydrogen) atoms. The molecular formula is C20H22N2. The molecule has 1 aliphatic heterocycles. The van der Waals surface area contributed by atoms with Crippen molar-refractivity contribution in [3.63, 3.8) is 0 Å². The maximum atomic E-state index is 2.48. The van der Waals surface area contributed by atoms with Gasteiger partial charge in [0.15, 0.2) is 0 Å². The maximum absolute atomic E-state index is 2.48. The molecule has 2 heteroatoms. The average molecular weight is 290 g/mol. The molecule has 112 valence electrons. The minimum atomic E-state index is 0.423. The van der Waals surface area contributed by atoms with Gasteiger partial charge in [-0.1, -0.05) is 48.5 Å². The minimum Gasteiger partial charge on any atom is -0.347 e. The predicted octanol–water partition coefficient (Wildman–Crippen LogP) is 4.14. The number of fused-ring (bicyclic) bond motifs is 3. The molecule has 3 aromatic rings. The topological polar surface area (TPSA) is 8.17 Å². The molecule has 0 saturated heterocycles. The lowest BCUT2D eigenvalue weighted by Crippen LogP contribution is -2.39. The molecule has 0 bridgehead atoms. The zero-order valence-corrected chi connectivity index (χ0v) is 13.5. The van der Waals surface area contributed by atoms with Crippen LogP contribution in [0.25, 0.3) is 10.9 Å². The van der Waals surface area contributed by atoms with Crippen molar-refractivity contribution in [3.05, 3.63) is 71.4 Å². The standard InChI is InChI=1S/C20H22N2/c1-14-19(15-9-5-4-6-10-15)20-17(13-21(14)2)16-11-7-8-12-18(16)22(20)3/h4-12,14,19H,13H2,1-3H3. The highest BCUT2D eigenvalue weighted by Gasteiger charge is 2.35. The molecule has 0 saturated carbocycles. The van der Waals surface area contributed by atoms with E-state index in [1.165, 1.54) is 27.7 Å². The van der Waals surface area contributed by atoms with E-state index in [-0.39, 0.29) is 0 Å². The number of rotatable bonds is 1. The van der Waals surface area contributed by atoms with Gasteiger partial charge in [0, 0.05) is 42.1 Å². The second-order valence-corrected chi connectivity index (χ2v) is 6.48. The molecule has 2 aromatic carbocycles. The van der Waals surface area contributed by atoms with Gasteiger partial charge in [0.2, 0.25) is 0 Å². The fourth-order valence-corrected chi connectivity index (χ4v) is 4.03. The Morgan fingerprint density at radius 3 is 2.36 bits per heavy atom. The molecule has 0 radical (unpaired) electrons. The van der Waals surface area contributed by atoms with Crippen molar-refractivity contribution in [2.45, 2.75) is 25.4 Å². The van der Waals surface area contributed by atoms with Crippen LogP contribution in [0.4, 0.5) is 0 Å². The van der Waals surface area contributed by atoms with E-state index in [2.05, 4.69) is 85.1 Å². The number of aromatic nitrogens is 1. The van der Waals surface area contributed by atoms with E-state index >= 15 is 0 Å². The zero-order valence-electron chi connectivity index (χ0n) is 13.5. The van der Waals surface area contributed by atoms with E-state index < -0.39 is 0 Å². The average Bonchev–Trinajstić information content (AvgIpc) is 2.83. The molecule has 0 N–H and O–H groups in total. The van der Waals surface area contributed by atoms with Crippen molar-refractivity contribution in [1.82, 2.24) is 9.47 Å². The number of nitrogens with zero attached hydrogens (tertiary/aromatic N) is 2. The van der Waals surface area contributed by atoms with E-state index in [0.29, 0.717) is 12.0 Å². The Kier molecular flexibility index (Phi) is 3.08. The zero-order chi connectivity index (χ0) is 15.3. The second-order valence-electron chi connectivity index (χ2n) is 6.48. The van der Waals surface area contributed by atoms with E-state index in [9.17, 15) is 0 Å². The number of benzene rings is 2. The molecule has 0 aliphatic carbocycles. The van der Waals surface area contributed by atoms with Gasteiger partial charge in [-0.15, -0.1) is 0 Å². The number of hydrogen-bond acceptors (Lipinski definition) is 1. The molecule has 4 rings (SSSR count). The quantitative estimate of drug-likeness (QED) is 0.654. The van der Waals surface area contributed by atoms with Gasteiger partial charge in [-0.25, -0.2) is 0 Å². The summed E-state index contributed by atoms with van der Waals surface area (Å²) < 4.78 is 2.41. The van der Waals surface area contributed by atoms with Crippen molar-refractivity contribution in [3.8, 4) is 0 Å². The molecule has 2 atom stereocenters. The normalized spacial score (nSPS) is 22.0. The fraction of sp³-hybridized carbons (Fsp3) is 0.300. The van der Waals surface area contributed by atoms with E-state index in [4.69, 9.17) is 0 Å². The Morgan fingerprint density at radius 1 is 0.909 bits per heavy atom. The summed E-state index contributed by atoms with van der Waals surface area (Å²) in [7, 11) is 4.46. The summed E-state index contributed by atoms with van der Waals surface area (Å²) >= 11 is 0. The first-order valence-corrected chi connectivity index (χ1v) is 8.00. The van der Waals surface area contributed by atoms with Crippen LogP contribution in [0.1, 0.15) is 29.7 Å². The summed E-state index contributed by atoms with van der Waals surface area (Å²) in [6.07, 6.45) is 0. The van der Waals surface area contributed by atoms with Gasteiger partial charge in [-0.3, -0.25) is 4.90 Å². The molecule has 1 aromatic heterocycles. The van der Waals surface area contributed by atoms with E-state index in [0.717, 1.165) is 6.54 Å². The van der Waals surface area contributed by atoms with Crippen molar-refractivity contribution in [1.29, 1.82) is 0 Å². The first kappa shape index (κ1) is 13.6. The van der Waals surface area contributed by atoms with Crippen LogP contribution < -0.4 is 0 Å². The number of para-hydroxylation sites is 1. The first-order valence-electron chi connectivity index (χ1n) is 8.00. The third-order valence-electron chi connectivity index (χ3n) is 5.30. The van der Waals surface area contributed by atoms with Gasteiger partial charge >= 0.3 is 0 Å². The minimum absolute atomic E-state index is 0.423. The maximum Gasteiger partial charge on any atom is 0.0483 e. The van der Waals surface area contributed by atoms with Crippen LogP contribution in [-0.2, 0) is 13.6 Å². The lowest BCUT2D eigenvalue weighted by Gasteiger charge is -2.38. The molecule has 2 unspecified atom stereocenters. The van der Waals surface area contributed by atoms with Crippen LogP contribution in [0.5, 0.6) is 0 Å². The van der Waals surface area contributed by atoms with Crippen LogP contribution in [0, 0.1) is 0 Å². The Balaban J connectivity index is 2.02. The molecular weight excluding hydrogens is 268 g/mol. The number of likely N-dealkylation sites (N-methyl/N-ethyl adjacent to an activating group) is 1. The van der Waals surface area contributed by atoms with Gasteiger partial charge in [0.25, 0.3) is 0 Å². The summed E-state index contributed by atoms with van der Waals surface area (Å²) in [4.78, 5) is 2.48. The van der Waals surface area contributed by atoms with Crippen molar-refractivity contribution >= 4 is 10.9 Å². The SMILES string of the molecule is CC1C(c2ccccc2)c2c(c3ccccc3n2C)CN1C. The molecule has 2 nitrogen and oxygen atoms in total. The smallest absolute Gasteiger partial charge is 0.0483 e. The van der Waals surface area contributed by atoms with Crippen molar-refractivity contribution in [2.75, 3.05) is 7.05 Å². The molecule has 2 heterocycles. The lowest BCUT2D eigenvalue weighted by atomic mass is 9.83. The van der Waals surface area contributed by atoms with Gasteiger partial charge in [-0.2, -0.15) is 0 Å². The highest BCUT2D eigenvalue weighted by molar-refractivity contribution is 5.86. The predicted molar refractivity (Wildman–Crippen MR) is 92.1 cm³/mol. The summed E-state index contributed by atoms with van der Waals surface area (Å²) in [5.41, 5.74) is 5.73. The van der Waals surface area contributed by atoms with Crippen LogP contribution in [-0.4, -0.2) is 22.6 Å². The van der Waals surface area contributed by atoms with Crippen LogP contribution >= 0.6 is 0 Å². The van der Waals surface area contributed by atoms with Gasteiger partial charge < -0.3 is 4.57 Å². The summed E-state index contributed by atoms with van der Waals surface area (Å²) in [6.45, 7) is 3.37. The highest BCUT2D eigenvalue weighted by Crippen LogP contribution is 2.41. The van der Waals surface area contributed by atoms with Crippen LogP contribution in [0.2, 0.25) is 0 Å². The van der Waals surface area contributed by atoms with Gasteiger partial charge in [-0.05, 0) is 31.2 Å². The third-order valence-corrected chi connectivity index (χ3v) is 5.30. The lowest BCUT2D eigenvalue weighted by molar-refractivity contribution is 0.209. The van der Waals surface area contributed by atoms with Crippen LogP contribution in [0.15, 0.2) is 54.6 Å². The Morgan fingerprint density at radius 2 is 1.59 bits per heavy atom. The molecule has 0 amide bonds.